The largest absolute Gasteiger partial charge is 0.464 e. The molecule has 1 saturated heterocycles. The van der Waals surface area contributed by atoms with Gasteiger partial charge in [0.2, 0.25) is 5.91 Å². The van der Waals surface area contributed by atoms with E-state index < -0.39 is 85.0 Å². The lowest BCUT2D eigenvalue weighted by atomic mass is 9.88. The van der Waals surface area contributed by atoms with E-state index in [4.69, 9.17) is 33.2 Å². The van der Waals surface area contributed by atoms with Crippen LogP contribution < -0.4 is 10.1 Å². The Morgan fingerprint density at radius 3 is 2.11 bits per heavy atom. The summed E-state index contributed by atoms with van der Waals surface area (Å²) in [6, 6.07) is 11.0. The number of methoxy groups -OCH3 is 1. The van der Waals surface area contributed by atoms with Crippen molar-refractivity contribution >= 4 is 46.5 Å². The van der Waals surface area contributed by atoms with Crippen LogP contribution in [0.5, 0.6) is 5.75 Å². The molecule has 1 heterocycles. The highest BCUT2D eigenvalue weighted by Gasteiger charge is 2.60. The van der Waals surface area contributed by atoms with E-state index in [1.807, 2.05) is 24.3 Å². The zero-order chi connectivity index (χ0) is 32.6. The van der Waals surface area contributed by atoms with Crippen LogP contribution in [0.4, 0.5) is 0 Å². The fraction of sp³-hybridized carbons (Fsp3) is 0.467. The van der Waals surface area contributed by atoms with Gasteiger partial charge in [-0.3, -0.25) is 24.0 Å². The van der Waals surface area contributed by atoms with Gasteiger partial charge in [0.1, 0.15) is 24.6 Å². The first-order valence-electron chi connectivity index (χ1n) is 13.6. The van der Waals surface area contributed by atoms with Gasteiger partial charge in [0.25, 0.3) is 0 Å². The molecule has 2 aromatic carbocycles. The van der Waals surface area contributed by atoms with Gasteiger partial charge < -0.3 is 38.5 Å². The molecule has 14 heteroatoms. The molecule has 3 rings (SSSR count). The number of rotatable bonds is 11. The monoisotopic (exact) mass is 617 g/mol. The van der Waals surface area contributed by atoms with Crippen molar-refractivity contribution in [1.82, 2.24) is 5.32 Å². The smallest absolute Gasteiger partial charge is 0.379 e. The SMILES string of the molecule is COC(=O)C1(Oc2ccc3ccccc3c2)C[C@H](OC(C)=O)[C@@H](NC(C)=O)[C@H]([C@H](OC(C)=O)[C@@H](COC(C)=O)OC(C)=O)O1. The minimum absolute atomic E-state index is 0.160. The van der Waals surface area contributed by atoms with Crippen LogP contribution in [-0.2, 0) is 57.2 Å². The zero-order valence-corrected chi connectivity index (χ0v) is 25.1. The summed E-state index contributed by atoms with van der Waals surface area (Å²) in [5.74, 6) is -7.09. The number of fused-ring (bicyclic) bond motifs is 1. The van der Waals surface area contributed by atoms with Crippen molar-refractivity contribution in [3.05, 3.63) is 42.5 Å². The standard InChI is InChI=1S/C30H35NO13/c1-16(32)31-26-24(40-18(3)34)14-30(29(37)38-6,43-23-12-11-21-9-7-8-10-22(21)13-23)44-28(26)27(42-20(5)36)25(41-19(4)35)15-39-17(2)33/h7-13,24-28H,14-15H2,1-6H3,(H,31,32)/t24-,25+,26+,27+,28+,30?/m0/s1. The summed E-state index contributed by atoms with van der Waals surface area (Å²) < 4.78 is 39.0. The number of carbonyl (C=O) groups excluding carboxylic acids is 6. The van der Waals surface area contributed by atoms with E-state index in [1.165, 1.54) is 6.92 Å². The van der Waals surface area contributed by atoms with E-state index in [-0.39, 0.29) is 5.75 Å². The molecule has 0 radical (unpaired) electrons. The lowest BCUT2D eigenvalue weighted by Gasteiger charge is -2.48. The Bertz CT molecular complexity index is 1410. The van der Waals surface area contributed by atoms with Gasteiger partial charge in [-0.15, -0.1) is 0 Å². The van der Waals surface area contributed by atoms with Gasteiger partial charge in [0.15, 0.2) is 12.2 Å². The number of carbonyl (C=O) groups is 6. The van der Waals surface area contributed by atoms with Crippen molar-refractivity contribution in [2.45, 2.75) is 77.3 Å². The summed E-state index contributed by atoms with van der Waals surface area (Å²) in [6.45, 7) is 4.93. The molecule has 44 heavy (non-hydrogen) atoms. The number of esters is 5. The van der Waals surface area contributed by atoms with Gasteiger partial charge in [-0.25, -0.2) is 4.79 Å². The van der Waals surface area contributed by atoms with Crippen LogP contribution in [0.2, 0.25) is 0 Å². The van der Waals surface area contributed by atoms with Gasteiger partial charge in [0.05, 0.1) is 19.6 Å². The second-order valence-corrected chi connectivity index (χ2v) is 10.0. The Hall–Kier alpha value is -4.72. The minimum Gasteiger partial charge on any atom is -0.464 e. The van der Waals surface area contributed by atoms with E-state index in [0.29, 0.717) is 0 Å². The third-order valence-electron chi connectivity index (χ3n) is 6.50. The van der Waals surface area contributed by atoms with Gasteiger partial charge in [-0.2, -0.15) is 0 Å². The molecule has 1 amide bonds. The number of ether oxygens (including phenoxy) is 7. The number of amides is 1. The van der Waals surface area contributed by atoms with E-state index in [1.54, 1.807) is 18.2 Å². The second-order valence-electron chi connectivity index (χ2n) is 10.0. The summed E-state index contributed by atoms with van der Waals surface area (Å²) in [6.07, 6.45) is -6.58. The van der Waals surface area contributed by atoms with E-state index >= 15 is 0 Å². The summed E-state index contributed by atoms with van der Waals surface area (Å²) in [4.78, 5) is 74.3. The maximum absolute atomic E-state index is 13.5. The molecule has 0 spiro atoms. The molecule has 0 aliphatic carbocycles. The molecule has 2 aromatic rings. The quantitative estimate of drug-likeness (QED) is 0.285. The topological polar surface area (TPSA) is 179 Å². The summed E-state index contributed by atoms with van der Waals surface area (Å²) >= 11 is 0. The number of nitrogens with one attached hydrogen (secondary N) is 1. The predicted octanol–water partition coefficient (Wildman–Crippen LogP) is 1.74. The molecule has 0 saturated carbocycles. The molecule has 6 atom stereocenters. The van der Waals surface area contributed by atoms with Crippen molar-refractivity contribution in [3.8, 4) is 5.75 Å². The Morgan fingerprint density at radius 1 is 0.886 bits per heavy atom. The van der Waals surface area contributed by atoms with E-state index in [9.17, 15) is 28.8 Å². The van der Waals surface area contributed by atoms with Crippen LogP contribution in [-0.4, -0.2) is 85.7 Å². The third-order valence-corrected chi connectivity index (χ3v) is 6.50. The van der Waals surface area contributed by atoms with Crippen molar-refractivity contribution in [1.29, 1.82) is 0 Å². The fourth-order valence-corrected chi connectivity index (χ4v) is 4.92. The maximum atomic E-state index is 13.5. The van der Waals surface area contributed by atoms with Gasteiger partial charge >= 0.3 is 35.6 Å². The van der Waals surface area contributed by atoms with Crippen molar-refractivity contribution in [2.24, 2.45) is 0 Å². The summed E-state index contributed by atoms with van der Waals surface area (Å²) in [7, 11) is 1.08. The van der Waals surface area contributed by atoms with Gasteiger partial charge in [-0.05, 0) is 22.9 Å². The highest BCUT2D eigenvalue weighted by atomic mass is 16.7. The average molecular weight is 618 g/mol. The van der Waals surface area contributed by atoms with E-state index in [0.717, 1.165) is 45.6 Å². The maximum Gasteiger partial charge on any atom is 0.379 e. The number of hydrogen-bond donors (Lipinski definition) is 1. The average Bonchev–Trinajstić information content (AvgIpc) is 2.94. The Morgan fingerprint density at radius 2 is 1.55 bits per heavy atom. The summed E-state index contributed by atoms with van der Waals surface area (Å²) in [5, 5.41) is 4.25. The first-order chi connectivity index (χ1) is 20.7. The van der Waals surface area contributed by atoms with Crippen LogP contribution in [0.3, 0.4) is 0 Å². The van der Waals surface area contributed by atoms with Crippen LogP contribution in [0, 0.1) is 0 Å². The lowest BCUT2D eigenvalue weighted by Crippen LogP contribution is -2.70. The Kier molecular flexibility index (Phi) is 11.2. The first kappa shape index (κ1) is 33.8. The highest BCUT2D eigenvalue weighted by molar-refractivity contribution is 5.84. The number of hydrogen-bond acceptors (Lipinski definition) is 13. The van der Waals surface area contributed by atoms with Gasteiger partial charge in [-0.1, -0.05) is 30.3 Å². The van der Waals surface area contributed by atoms with Gasteiger partial charge in [0, 0.05) is 34.6 Å². The molecule has 1 unspecified atom stereocenters. The van der Waals surface area contributed by atoms with Crippen LogP contribution in [0.15, 0.2) is 42.5 Å². The lowest BCUT2D eigenvalue weighted by molar-refractivity contribution is -0.289. The molecule has 0 aromatic heterocycles. The van der Waals surface area contributed by atoms with Crippen LogP contribution in [0.25, 0.3) is 10.8 Å². The van der Waals surface area contributed by atoms with E-state index in [2.05, 4.69) is 5.32 Å². The van der Waals surface area contributed by atoms with Crippen molar-refractivity contribution in [2.75, 3.05) is 13.7 Å². The minimum atomic E-state index is -2.35. The molecule has 238 valence electrons. The van der Waals surface area contributed by atoms with Crippen LogP contribution in [0.1, 0.15) is 41.0 Å². The fourth-order valence-electron chi connectivity index (χ4n) is 4.92. The molecular weight excluding hydrogens is 582 g/mol. The molecule has 0 bridgehead atoms. The molecule has 1 fully saturated rings. The molecule has 1 N–H and O–H groups in total. The zero-order valence-electron chi connectivity index (χ0n) is 25.1. The molecular formula is C30H35NO13. The Labute approximate surface area is 253 Å². The third kappa shape index (κ3) is 8.66. The molecule has 14 nitrogen and oxygen atoms in total. The van der Waals surface area contributed by atoms with Crippen molar-refractivity contribution in [3.63, 3.8) is 0 Å². The van der Waals surface area contributed by atoms with Crippen LogP contribution >= 0.6 is 0 Å². The molecule has 1 aliphatic rings. The molecule has 1 aliphatic heterocycles. The number of benzene rings is 2. The Balaban J connectivity index is 2.22. The highest BCUT2D eigenvalue weighted by Crippen LogP contribution is 2.38. The van der Waals surface area contributed by atoms with Crippen molar-refractivity contribution < 1.29 is 61.9 Å². The second kappa shape index (κ2) is 14.6. The normalized spacial score (nSPS) is 22.5. The summed E-state index contributed by atoms with van der Waals surface area (Å²) in [5.41, 5.74) is 0. The predicted molar refractivity (Wildman–Crippen MR) is 150 cm³/mol. The first-order valence-corrected chi connectivity index (χ1v) is 13.6.